The Kier molecular flexibility index (Phi) is 67.6. The van der Waals surface area contributed by atoms with Gasteiger partial charge in [-0.2, -0.15) is 0 Å². The zero-order valence-corrected chi connectivity index (χ0v) is 13.3. The van der Waals surface area contributed by atoms with E-state index in [1.54, 1.807) is 0 Å². The normalized spacial score (nSPS) is 7.65. The van der Waals surface area contributed by atoms with E-state index in [2.05, 4.69) is 20.4 Å². The van der Waals surface area contributed by atoms with Crippen molar-refractivity contribution < 1.29 is 35.8 Å². The van der Waals surface area contributed by atoms with Crippen LogP contribution < -0.4 is 5.73 Å². The summed E-state index contributed by atoms with van der Waals surface area (Å²) in [5.41, 5.74) is 5.14. The van der Waals surface area contributed by atoms with Gasteiger partial charge in [0.15, 0.2) is 0 Å². The summed E-state index contributed by atoms with van der Waals surface area (Å²) in [6.07, 6.45) is 3.79. The van der Waals surface area contributed by atoms with E-state index in [0.717, 1.165) is 25.8 Å². The summed E-state index contributed by atoms with van der Waals surface area (Å²) in [5, 5.41) is 23.6. The molecule has 0 saturated carbocycles. The summed E-state index contributed by atoms with van der Waals surface area (Å²) in [6.45, 7) is 7.59. The summed E-state index contributed by atoms with van der Waals surface area (Å²) < 4.78 is 1.22. The van der Waals surface area contributed by atoms with Gasteiger partial charge in [-0.25, -0.2) is 0 Å². The Morgan fingerprint density at radius 2 is 1.06 bits per heavy atom. The van der Waals surface area contributed by atoms with Gasteiger partial charge in [-0.1, -0.05) is 20.8 Å². The molecule has 0 unspecified atom stereocenters. The van der Waals surface area contributed by atoms with Crippen LogP contribution in [-0.2, 0) is 20.4 Å². The number of rotatable bonds is 5. The molecule has 0 amide bonds. The van der Waals surface area contributed by atoms with E-state index < -0.39 is 0 Å². The van der Waals surface area contributed by atoms with Gasteiger partial charge >= 0.3 is 43.9 Å². The molecule has 0 heterocycles. The van der Waals surface area contributed by atoms with Gasteiger partial charge in [0, 0.05) is 19.8 Å². The Morgan fingerprint density at radius 3 is 1.06 bits per heavy atom. The van der Waals surface area contributed by atoms with Crippen molar-refractivity contribution in [2.24, 2.45) is 5.73 Å². The molecule has 0 atom stereocenters. The van der Waals surface area contributed by atoms with E-state index in [4.69, 9.17) is 21.1 Å². The molecule has 0 radical (unpaired) electrons. The Bertz CT molecular complexity index is 61.3. The summed E-state index contributed by atoms with van der Waals surface area (Å²) >= 11 is 2.13. The quantitative estimate of drug-likeness (QED) is 0.576. The molecule has 0 aromatic carbocycles. The molecular formula is C12H32NO3Ti. The maximum absolute atomic E-state index is 7.88. The second-order valence-electron chi connectivity index (χ2n) is 3.06. The first kappa shape index (κ1) is 26.2. The zero-order chi connectivity index (χ0) is 14.4. The zero-order valence-electron chi connectivity index (χ0n) is 11.8. The van der Waals surface area contributed by atoms with Gasteiger partial charge in [0.1, 0.15) is 0 Å². The van der Waals surface area contributed by atoms with Crippen LogP contribution in [0.3, 0.4) is 0 Å². The van der Waals surface area contributed by atoms with E-state index in [9.17, 15) is 0 Å². The fourth-order valence-electron chi connectivity index (χ4n) is 0.102. The molecule has 0 rings (SSSR count). The fourth-order valence-corrected chi connectivity index (χ4v) is 0.421. The van der Waals surface area contributed by atoms with Crippen LogP contribution in [0.1, 0.15) is 46.5 Å². The van der Waals surface area contributed by atoms with Gasteiger partial charge in [0.2, 0.25) is 0 Å². The molecule has 0 aliphatic rings. The minimum absolute atomic E-state index is 0.319. The van der Waals surface area contributed by atoms with Crippen LogP contribution in [0.4, 0.5) is 0 Å². The first-order chi connectivity index (χ1) is 8.16. The first-order valence-corrected chi connectivity index (χ1v) is 7.44. The van der Waals surface area contributed by atoms with Crippen LogP contribution in [-0.4, -0.2) is 41.7 Å². The maximum atomic E-state index is 7.88. The van der Waals surface area contributed by atoms with Crippen LogP contribution in [0.5, 0.6) is 0 Å². The molecule has 0 aromatic rings. The average molecular weight is 286 g/mol. The predicted molar refractivity (Wildman–Crippen MR) is 70.6 cm³/mol. The third-order valence-electron chi connectivity index (χ3n) is 1.05. The molecule has 5 heteroatoms. The molecule has 0 aromatic heterocycles. The number of aliphatic hydroxyl groups excluding tert-OH is 3. The Morgan fingerprint density at radius 1 is 0.824 bits per heavy atom. The van der Waals surface area contributed by atoms with Crippen molar-refractivity contribution in [2.75, 3.05) is 26.4 Å². The number of nitrogens with two attached hydrogens (primary N) is 1. The molecule has 107 valence electrons. The standard InChI is InChI=1S/C3H8N.3C3H8O.Ti/c4*1-2-3-4;/h1-4H2;3*4H,2-3H2,1H3;. The average Bonchev–Trinajstić information content (AvgIpc) is 2.40. The third kappa shape index (κ3) is 114. The van der Waals surface area contributed by atoms with E-state index in [1.165, 1.54) is 11.1 Å². The van der Waals surface area contributed by atoms with E-state index in [-0.39, 0.29) is 0 Å². The van der Waals surface area contributed by atoms with Crippen LogP contribution in [0.2, 0.25) is 4.73 Å². The topological polar surface area (TPSA) is 86.7 Å². The van der Waals surface area contributed by atoms with Crippen LogP contribution >= 0.6 is 0 Å². The monoisotopic (exact) mass is 286 g/mol. The second-order valence-corrected chi connectivity index (χ2v) is 3.84. The summed E-state index contributed by atoms with van der Waals surface area (Å²) in [7, 11) is 0. The van der Waals surface area contributed by atoms with Gasteiger partial charge in [0.05, 0.1) is 0 Å². The van der Waals surface area contributed by atoms with E-state index >= 15 is 0 Å². The van der Waals surface area contributed by atoms with Crippen molar-refractivity contribution in [2.45, 2.75) is 51.2 Å². The second kappa shape index (κ2) is 43.9. The molecular weight excluding hydrogens is 254 g/mol. The number of hydrogen-bond acceptors (Lipinski definition) is 4. The molecule has 0 spiro atoms. The summed E-state index contributed by atoms with van der Waals surface area (Å²) in [5.74, 6) is 0. The Hall–Kier alpha value is 0.554. The third-order valence-corrected chi connectivity index (χ3v) is 1.60. The molecule has 17 heavy (non-hydrogen) atoms. The molecule has 5 N–H and O–H groups in total. The van der Waals surface area contributed by atoms with E-state index in [0.29, 0.717) is 19.8 Å². The van der Waals surface area contributed by atoms with Gasteiger partial charge in [-0.05, 0) is 19.3 Å². The van der Waals surface area contributed by atoms with Gasteiger partial charge in [0.25, 0.3) is 0 Å². The molecule has 0 bridgehead atoms. The number of aliphatic hydroxyl groups is 3. The number of hydrogen-bond donors (Lipinski definition) is 4. The molecule has 0 saturated heterocycles. The van der Waals surface area contributed by atoms with Gasteiger partial charge < -0.3 is 15.3 Å². The van der Waals surface area contributed by atoms with Crippen molar-refractivity contribution in [3.05, 3.63) is 0 Å². The van der Waals surface area contributed by atoms with E-state index in [1.807, 2.05) is 20.8 Å². The molecule has 0 fully saturated rings. The predicted octanol–water partition coefficient (Wildman–Crippen LogP) is 1.47. The molecule has 0 aliphatic carbocycles. The van der Waals surface area contributed by atoms with Gasteiger partial charge in [-0.15, -0.1) is 0 Å². The van der Waals surface area contributed by atoms with Crippen molar-refractivity contribution in [1.82, 2.24) is 0 Å². The first-order valence-electron chi connectivity index (χ1n) is 6.33. The van der Waals surface area contributed by atoms with Crippen LogP contribution in [0.15, 0.2) is 0 Å². The fraction of sp³-hybridized carbons (Fsp3) is 1.00. The van der Waals surface area contributed by atoms with Crippen molar-refractivity contribution >= 4 is 0 Å². The molecule has 4 nitrogen and oxygen atoms in total. The van der Waals surface area contributed by atoms with Crippen molar-refractivity contribution in [1.29, 1.82) is 0 Å². The van der Waals surface area contributed by atoms with Crippen LogP contribution in [0.25, 0.3) is 0 Å². The molecule has 0 aliphatic heterocycles. The van der Waals surface area contributed by atoms with Crippen molar-refractivity contribution in [3.63, 3.8) is 0 Å². The SMILES string of the molecule is CCCO.CCCO.CCCO.NCC[CH2][Ti]. The van der Waals surface area contributed by atoms with Crippen molar-refractivity contribution in [3.8, 4) is 0 Å². The Balaban J connectivity index is -0.0000000667. The van der Waals surface area contributed by atoms with Crippen LogP contribution in [0, 0.1) is 0 Å². The Labute approximate surface area is 119 Å². The summed E-state index contributed by atoms with van der Waals surface area (Å²) in [6, 6.07) is 0. The minimum atomic E-state index is 0.319. The summed E-state index contributed by atoms with van der Waals surface area (Å²) in [4.78, 5) is 0. The van der Waals surface area contributed by atoms with Gasteiger partial charge in [-0.3, -0.25) is 0 Å².